The number of methoxy groups -OCH3 is 1. The minimum Gasteiger partial charge on any atom is -0.504 e. The van der Waals surface area contributed by atoms with Gasteiger partial charge in [-0.3, -0.25) is 0 Å². The van der Waals surface area contributed by atoms with Gasteiger partial charge in [-0.15, -0.1) is 0 Å². The van der Waals surface area contributed by atoms with Crippen LogP contribution in [-0.2, 0) is 10.2 Å². The van der Waals surface area contributed by atoms with Crippen LogP contribution in [0.5, 0.6) is 11.5 Å². The average molecular weight is 372 g/mol. The fourth-order valence-corrected chi connectivity index (χ4v) is 5.19. The monoisotopic (exact) mass is 371 g/mol. The Morgan fingerprint density at radius 1 is 1.23 bits per heavy atom. The zero-order valence-corrected chi connectivity index (χ0v) is 15.0. The summed E-state index contributed by atoms with van der Waals surface area (Å²) in [5.41, 5.74) is 2.03. The van der Waals surface area contributed by atoms with E-state index in [2.05, 4.69) is 5.32 Å². The standard InChI is InChI=1S/C20H18ClNO4/c1-25-18(24)12-5-6-13-17(16(12)23)26-20-9-3-2-8-19(13,20)14-10-11(21)4-7-15(14)22-20/h4-7,10,22-23H,2-3,8-9H2,1H3/t19-,20-/m0/s1. The van der Waals surface area contributed by atoms with Crippen molar-refractivity contribution >= 4 is 23.3 Å². The first-order chi connectivity index (χ1) is 12.5. The summed E-state index contributed by atoms with van der Waals surface area (Å²) >= 11 is 6.30. The van der Waals surface area contributed by atoms with E-state index in [0.717, 1.165) is 42.5 Å². The summed E-state index contributed by atoms with van der Waals surface area (Å²) in [6, 6.07) is 9.33. The number of phenolic OH excluding ortho intramolecular Hbond substituents is 1. The van der Waals surface area contributed by atoms with Crippen molar-refractivity contribution in [3.05, 3.63) is 52.0 Å². The van der Waals surface area contributed by atoms with Gasteiger partial charge in [-0.25, -0.2) is 4.79 Å². The molecule has 6 heteroatoms. The largest absolute Gasteiger partial charge is 0.504 e. The lowest BCUT2D eigenvalue weighted by Gasteiger charge is -2.43. The van der Waals surface area contributed by atoms with E-state index < -0.39 is 17.1 Å². The van der Waals surface area contributed by atoms with Crippen LogP contribution in [-0.4, -0.2) is 23.9 Å². The highest BCUT2D eigenvalue weighted by molar-refractivity contribution is 6.30. The number of aromatic hydroxyl groups is 1. The summed E-state index contributed by atoms with van der Waals surface area (Å²) in [5.74, 6) is -0.372. The zero-order valence-electron chi connectivity index (χ0n) is 14.3. The fourth-order valence-electron chi connectivity index (χ4n) is 5.02. The quantitative estimate of drug-likeness (QED) is 0.735. The maximum Gasteiger partial charge on any atom is 0.341 e. The predicted octanol–water partition coefficient (Wildman–Crippen LogP) is 4.21. The molecular weight excluding hydrogens is 354 g/mol. The first kappa shape index (κ1) is 15.8. The number of nitrogens with one attached hydrogen (secondary N) is 1. The van der Waals surface area contributed by atoms with Gasteiger partial charge >= 0.3 is 5.97 Å². The molecule has 0 unspecified atom stereocenters. The molecule has 0 spiro atoms. The normalized spacial score (nSPS) is 27.5. The first-order valence-electron chi connectivity index (χ1n) is 8.74. The highest BCUT2D eigenvalue weighted by atomic mass is 35.5. The van der Waals surface area contributed by atoms with Gasteiger partial charge in [-0.1, -0.05) is 24.1 Å². The van der Waals surface area contributed by atoms with Crippen LogP contribution in [0.15, 0.2) is 30.3 Å². The Labute approximate surface area is 155 Å². The summed E-state index contributed by atoms with van der Waals surface area (Å²) in [7, 11) is 1.29. The van der Waals surface area contributed by atoms with E-state index in [1.54, 1.807) is 6.07 Å². The number of phenols is 1. The predicted molar refractivity (Wildman–Crippen MR) is 97.1 cm³/mol. The van der Waals surface area contributed by atoms with Crippen LogP contribution in [0.25, 0.3) is 0 Å². The van der Waals surface area contributed by atoms with Crippen LogP contribution in [0.4, 0.5) is 5.69 Å². The van der Waals surface area contributed by atoms with E-state index in [9.17, 15) is 9.90 Å². The van der Waals surface area contributed by atoms with Gasteiger partial charge in [-0.2, -0.15) is 0 Å². The molecule has 0 saturated heterocycles. The maximum absolute atomic E-state index is 12.0. The lowest BCUT2D eigenvalue weighted by Crippen LogP contribution is -2.55. The SMILES string of the molecule is COC(=O)c1ccc2c(c1O)O[C@@]13CCCC[C@@]21c1cc(Cl)ccc1N3. The molecule has 2 aromatic carbocycles. The molecule has 2 heterocycles. The Balaban J connectivity index is 1.79. The summed E-state index contributed by atoms with van der Waals surface area (Å²) in [6.07, 6.45) is 3.77. The third-order valence-corrected chi connectivity index (χ3v) is 6.31. The van der Waals surface area contributed by atoms with E-state index in [1.165, 1.54) is 7.11 Å². The molecule has 3 aliphatic rings. The number of carbonyl (C=O) groups is 1. The summed E-state index contributed by atoms with van der Waals surface area (Å²) in [5, 5.41) is 15.0. The van der Waals surface area contributed by atoms with Crippen LogP contribution >= 0.6 is 11.6 Å². The van der Waals surface area contributed by atoms with Crippen molar-refractivity contribution in [2.24, 2.45) is 0 Å². The molecule has 1 fully saturated rings. The molecule has 1 saturated carbocycles. The highest BCUT2D eigenvalue weighted by Crippen LogP contribution is 2.66. The molecule has 2 aliphatic heterocycles. The van der Waals surface area contributed by atoms with Crippen LogP contribution in [0, 0.1) is 0 Å². The average Bonchev–Trinajstić information content (AvgIpc) is 3.10. The lowest BCUT2D eigenvalue weighted by atomic mass is 9.63. The number of hydrogen-bond donors (Lipinski definition) is 2. The Morgan fingerprint density at radius 3 is 2.85 bits per heavy atom. The van der Waals surface area contributed by atoms with Gasteiger partial charge in [-0.05, 0) is 42.7 Å². The molecule has 26 heavy (non-hydrogen) atoms. The van der Waals surface area contributed by atoms with Gasteiger partial charge in [0.1, 0.15) is 5.56 Å². The van der Waals surface area contributed by atoms with Crippen molar-refractivity contribution in [1.29, 1.82) is 0 Å². The smallest absolute Gasteiger partial charge is 0.341 e. The van der Waals surface area contributed by atoms with Crippen LogP contribution in [0.3, 0.4) is 0 Å². The number of rotatable bonds is 1. The molecule has 5 nitrogen and oxygen atoms in total. The molecule has 2 atom stereocenters. The fraction of sp³-hybridized carbons (Fsp3) is 0.350. The third kappa shape index (κ3) is 1.69. The van der Waals surface area contributed by atoms with E-state index in [0.29, 0.717) is 10.8 Å². The summed E-state index contributed by atoms with van der Waals surface area (Å²) in [6.45, 7) is 0. The summed E-state index contributed by atoms with van der Waals surface area (Å²) < 4.78 is 11.2. The Kier molecular flexibility index (Phi) is 3.09. The van der Waals surface area contributed by atoms with E-state index in [1.807, 2.05) is 24.3 Å². The number of anilines is 1. The highest BCUT2D eigenvalue weighted by Gasteiger charge is 2.67. The molecule has 0 bridgehead atoms. The number of halogens is 1. The van der Waals surface area contributed by atoms with Crippen molar-refractivity contribution in [2.45, 2.75) is 36.8 Å². The van der Waals surface area contributed by atoms with E-state index in [4.69, 9.17) is 21.1 Å². The Hall–Kier alpha value is -2.40. The summed E-state index contributed by atoms with van der Waals surface area (Å²) in [4.78, 5) is 12.0. The van der Waals surface area contributed by atoms with Gasteiger partial charge < -0.3 is 19.9 Å². The topological polar surface area (TPSA) is 67.8 Å². The van der Waals surface area contributed by atoms with E-state index in [-0.39, 0.29) is 11.3 Å². The van der Waals surface area contributed by atoms with Crippen LogP contribution < -0.4 is 10.1 Å². The number of fused-ring (bicyclic) bond motifs is 2. The lowest BCUT2D eigenvalue weighted by molar-refractivity contribution is 0.0350. The number of esters is 1. The molecule has 0 amide bonds. The number of benzene rings is 2. The molecule has 1 aliphatic carbocycles. The van der Waals surface area contributed by atoms with Gasteiger partial charge in [0.15, 0.2) is 17.2 Å². The second-order valence-corrected chi connectivity index (χ2v) is 7.62. The van der Waals surface area contributed by atoms with Crippen molar-refractivity contribution < 1.29 is 19.4 Å². The molecule has 5 rings (SSSR count). The molecule has 2 N–H and O–H groups in total. The molecule has 134 valence electrons. The second-order valence-electron chi connectivity index (χ2n) is 7.19. The number of hydrogen-bond acceptors (Lipinski definition) is 5. The Morgan fingerprint density at radius 2 is 2.04 bits per heavy atom. The Bertz CT molecular complexity index is 959. The minimum absolute atomic E-state index is 0.113. The van der Waals surface area contributed by atoms with Crippen molar-refractivity contribution in [3.8, 4) is 11.5 Å². The van der Waals surface area contributed by atoms with Gasteiger partial charge in [0, 0.05) is 22.7 Å². The van der Waals surface area contributed by atoms with Crippen LogP contribution in [0.2, 0.25) is 5.02 Å². The van der Waals surface area contributed by atoms with Gasteiger partial charge in [0.2, 0.25) is 0 Å². The number of ether oxygens (including phenoxy) is 2. The second kappa shape index (κ2) is 5.07. The maximum atomic E-state index is 12.0. The van der Waals surface area contributed by atoms with Crippen molar-refractivity contribution in [3.63, 3.8) is 0 Å². The molecular formula is C20H18ClNO4. The van der Waals surface area contributed by atoms with E-state index >= 15 is 0 Å². The molecule has 2 aromatic rings. The van der Waals surface area contributed by atoms with Crippen molar-refractivity contribution in [2.75, 3.05) is 12.4 Å². The van der Waals surface area contributed by atoms with Crippen LogP contribution in [0.1, 0.15) is 47.2 Å². The molecule has 0 radical (unpaired) electrons. The first-order valence-corrected chi connectivity index (χ1v) is 9.12. The number of carbonyl (C=O) groups excluding carboxylic acids is 1. The molecule has 0 aromatic heterocycles. The van der Waals surface area contributed by atoms with Gasteiger partial charge in [0.25, 0.3) is 0 Å². The minimum atomic E-state index is -0.660. The zero-order chi connectivity index (χ0) is 18.1. The van der Waals surface area contributed by atoms with Gasteiger partial charge in [0.05, 0.1) is 12.5 Å². The van der Waals surface area contributed by atoms with Crippen molar-refractivity contribution in [1.82, 2.24) is 0 Å². The third-order valence-electron chi connectivity index (χ3n) is 6.07.